The lowest BCUT2D eigenvalue weighted by Crippen LogP contribution is -2.40. The molecule has 1 atom stereocenters. The monoisotopic (exact) mass is 398 g/mol. The highest BCUT2D eigenvalue weighted by atomic mass is 16.5. The fourth-order valence-corrected chi connectivity index (χ4v) is 4.14. The number of nitrogens with one attached hydrogen (secondary N) is 1. The number of aliphatic hydroxyl groups is 1. The largest absolute Gasteiger partial charge is 0.489 e. The quantitative estimate of drug-likeness (QED) is 0.617. The summed E-state index contributed by atoms with van der Waals surface area (Å²) < 4.78 is 5.91. The van der Waals surface area contributed by atoms with Gasteiger partial charge in [0.25, 0.3) is 0 Å². The summed E-state index contributed by atoms with van der Waals surface area (Å²) in [6.07, 6.45) is 2.82. The molecule has 3 aromatic rings. The smallest absolute Gasteiger partial charge is 0.120 e. The summed E-state index contributed by atoms with van der Waals surface area (Å²) in [6.45, 7) is 1.60. The average molecular weight is 399 g/mol. The second kappa shape index (κ2) is 9.13. The average Bonchev–Trinajstić information content (AvgIpc) is 2.78. The van der Waals surface area contributed by atoms with Crippen LogP contribution < -0.4 is 10.1 Å². The Hall–Kier alpha value is -3.13. The molecule has 0 saturated heterocycles. The van der Waals surface area contributed by atoms with Crippen LogP contribution in [-0.2, 0) is 25.2 Å². The Kier molecular flexibility index (Phi) is 6.13. The first-order chi connectivity index (χ1) is 14.7. The fraction of sp³-hybridized carbons (Fsp3) is 0.269. The second-order valence-electron chi connectivity index (χ2n) is 7.89. The molecule has 4 heteroatoms. The van der Waals surface area contributed by atoms with E-state index in [1.54, 1.807) is 6.07 Å². The van der Waals surface area contributed by atoms with E-state index in [4.69, 9.17) is 10.00 Å². The molecule has 0 aliphatic heterocycles. The van der Waals surface area contributed by atoms with Crippen LogP contribution in [0.1, 0.15) is 40.7 Å². The molecular weight excluding hydrogens is 372 g/mol. The number of aryl methyl sites for hydroxylation is 1. The van der Waals surface area contributed by atoms with Gasteiger partial charge in [0.05, 0.1) is 11.6 Å². The van der Waals surface area contributed by atoms with E-state index in [0.717, 1.165) is 41.7 Å². The Labute approximate surface area is 177 Å². The van der Waals surface area contributed by atoms with Crippen LogP contribution in [0.15, 0.2) is 72.8 Å². The number of hydrogen-bond acceptors (Lipinski definition) is 4. The van der Waals surface area contributed by atoms with Crippen molar-refractivity contribution in [2.45, 2.75) is 38.0 Å². The van der Waals surface area contributed by atoms with Crippen LogP contribution in [0.5, 0.6) is 5.75 Å². The van der Waals surface area contributed by atoms with Gasteiger partial charge in [-0.05, 0) is 65.8 Å². The summed E-state index contributed by atoms with van der Waals surface area (Å²) in [5.74, 6) is 0.790. The second-order valence-corrected chi connectivity index (χ2v) is 7.89. The van der Waals surface area contributed by atoms with Gasteiger partial charge < -0.3 is 15.2 Å². The fourth-order valence-electron chi connectivity index (χ4n) is 4.14. The van der Waals surface area contributed by atoms with Gasteiger partial charge in [-0.2, -0.15) is 5.26 Å². The van der Waals surface area contributed by atoms with Crippen LogP contribution in [0.2, 0.25) is 0 Å². The van der Waals surface area contributed by atoms with E-state index in [0.29, 0.717) is 25.3 Å². The van der Waals surface area contributed by atoms with E-state index in [2.05, 4.69) is 23.5 Å². The van der Waals surface area contributed by atoms with E-state index in [9.17, 15) is 5.11 Å². The molecule has 0 amide bonds. The molecule has 3 aromatic carbocycles. The zero-order valence-corrected chi connectivity index (χ0v) is 17.0. The molecule has 0 heterocycles. The normalized spacial score (nSPS) is 17.7. The number of fused-ring (bicyclic) bond motifs is 1. The van der Waals surface area contributed by atoms with Crippen molar-refractivity contribution >= 4 is 0 Å². The maximum atomic E-state index is 11.2. The minimum absolute atomic E-state index is 0.420. The highest BCUT2D eigenvalue weighted by Gasteiger charge is 2.33. The number of nitrogens with zero attached hydrogens (tertiary/aromatic N) is 1. The van der Waals surface area contributed by atoms with Crippen molar-refractivity contribution in [3.8, 4) is 11.8 Å². The van der Waals surface area contributed by atoms with Crippen molar-refractivity contribution in [1.82, 2.24) is 5.32 Å². The van der Waals surface area contributed by atoms with Crippen LogP contribution in [0, 0.1) is 11.3 Å². The van der Waals surface area contributed by atoms with Gasteiger partial charge in [0, 0.05) is 13.1 Å². The summed E-state index contributed by atoms with van der Waals surface area (Å²) in [5.41, 5.74) is 4.21. The Balaban J connectivity index is 1.34. The molecule has 0 radical (unpaired) electrons. The van der Waals surface area contributed by atoms with Gasteiger partial charge in [0.15, 0.2) is 0 Å². The Morgan fingerprint density at radius 3 is 2.73 bits per heavy atom. The molecule has 4 rings (SSSR count). The van der Waals surface area contributed by atoms with Crippen LogP contribution in [0.4, 0.5) is 0 Å². The number of nitriles is 1. The number of benzene rings is 3. The van der Waals surface area contributed by atoms with Crippen molar-refractivity contribution in [3.05, 3.63) is 101 Å². The molecule has 152 valence electrons. The molecular formula is C26H26N2O2. The first-order valence-electron chi connectivity index (χ1n) is 10.4. The summed E-state index contributed by atoms with van der Waals surface area (Å²) in [7, 11) is 0. The third-order valence-corrected chi connectivity index (χ3v) is 5.66. The van der Waals surface area contributed by atoms with E-state index in [1.807, 2.05) is 54.6 Å². The number of rotatable bonds is 7. The lowest BCUT2D eigenvalue weighted by Gasteiger charge is -2.34. The molecule has 0 aromatic heterocycles. The standard InChI is InChI=1S/C26H26N2O2/c27-16-20-6-3-8-22(14-20)18-30-24-11-4-7-21(15-24)17-28-19-26(29)13-5-10-23-9-1-2-12-25(23)26/h1-4,6-9,11-12,14-15,28-29H,5,10,13,17-19H2. The van der Waals surface area contributed by atoms with E-state index in [-0.39, 0.29) is 0 Å². The first kappa shape index (κ1) is 20.2. The molecule has 0 fully saturated rings. The molecule has 0 saturated carbocycles. The lowest BCUT2D eigenvalue weighted by molar-refractivity contribution is 0.0189. The van der Waals surface area contributed by atoms with Gasteiger partial charge in [-0.25, -0.2) is 0 Å². The summed E-state index contributed by atoms with van der Waals surface area (Å²) in [4.78, 5) is 0. The van der Waals surface area contributed by atoms with Gasteiger partial charge in [-0.15, -0.1) is 0 Å². The lowest BCUT2D eigenvalue weighted by atomic mass is 9.79. The van der Waals surface area contributed by atoms with E-state index < -0.39 is 5.60 Å². The Bertz CT molecular complexity index is 1060. The summed E-state index contributed by atoms with van der Waals surface area (Å²) >= 11 is 0. The molecule has 2 N–H and O–H groups in total. The van der Waals surface area contributed by atoms with E-state index in [1.165, 1.54) is 5.56 Å². The maximum absolute atomic E-state index is 11.2. The molecule has 30 heavy (non-hydrogen) atoms. The van der Waals surface area contributed by atoms with Crippen molar-refractivity contribution < 1.29 is 9.84 Å². The molecule has 1 aliphatic carbocycles. The highest BCUT2D eigenvalue weighted by molar-refractivity contribution is 5.35. The number of ether oxygens (including phenoxy) is 1. The zero-order valence-electron chi connectivity index (χ0n) is 17.0. The topological polar surface area (TPSA) is 65.3 Å². The van der Waals surface area contributed by atoms with Crippen LogP contribution in [0.3, 0.4) is 0 Å². The van der Waals surface area contributed by atoms with Gasteiger partial charge in [-0.1, -0.05) is 48.5 Å². The minimum atomic E-state index is -0.811. The number of hydrogen-bond donors (Lipinski definition) is 2. The summed E-state index contributed by atoms with van der Waals surface area (Å²) in [6, 6.07) is 25.8. The Morgan fingerprint density at radius 2 is 1.83 bits per heavy atom. The molecule has 1 aliphatic rings. The van der Waals surface area contributed by atoms with Crippen LogP contribution in [0.25, 0.3) is 0 Å². The zero-order chi connectivity index (χ0) is 20.8. The van der Waals surface area contributed by atoms with Gasteiger partial charge in [-0.3, -0.25) is 0 Å². The molecule has 0 spiro atoms. The highest BCUT2D eigenvalue weighted by Crippen LogP contribution is 2.34. The van der Waals surface area contributed by atoms with Crippen molar-refractivity contribution in [1.29, 1.82) is 5.26 Å². The molecule has 4 nitrogen and oxygen atoms in total. The SMILES string of the molecule is N#Cc1cccc(COc2cccc(CNCC3(O)CCCc4ccccc43)c2)c1. The third kappa shape index (κ3) is 4.71. The molecule has 1 unspecified atom stereocenters. The maximum Gasteiger partial charge on any atom is 0.120 e. The van der Waals surface area contributed by atoms with Crippen molar-refractivity contribution in [2.24, 2.45) is 0 Å². The summed E-state index contributed by atoms with van der Waals surface area (Å²) in [5, 5.41) is 23.6. The third-order valence-electron chi connectivity index (χ3n) is 5.66. The van der Waals surface area contributed by atoms with Crippen LogP contribution in [-0.4, -0.2) is 11.7 Å². The van der Waals surface area contributed by atoms with Crippen molar-refractivity contribution in [3.63, 3.8) is 0 Å². The first-order valence-corrected chi connectivity index (χ1v) is 10.4. The van der Waals surface area contributed by atoms with Gasteiger partial charge >= 0.3 is 0 Å². The van der Waals surface area contributed by atoms with E-state index >= 15 is 0 Å². The minimum Gasteiger partial charge on any atom is -0.489 e. The van der Waals surface area contributed by atoms with Gasteiger partial charge in [0.1, 0.15) is 18.0 Å². The molecule has 0 bridgehead atoms. The Morgan fingerprint density at radius 1 is 1.00 bits per heavy atom. The van der Waals surface area contributed by atoms with Gasteiger partial charge in [0.2, 0.25) is 0 Å². The van der Waals surface area contributed by atoms with Crippen molar-refractivity contribution in [2.75, 3.05) is 6.54 Å². The van der Waals surface area contributed by atoms with Crippen LogP contribution >= 0.6 is 0 Å². The predicted octanol–water partition coefficient (Wildman–Crippen LogP) is 4.45. The predicted molar refractivity (Wildman–Crippen MR) is 117 cm³/mol.